The molecule has 2 unspecified atom stereocenters. The summed E-state index contributed by atoms with van der Waals surface area (Å²) < 4.78 is 0. The van der Waals surface area contributed by atoms with Crippen LogP contribution in [0.15, 0.2) is 17.3 Å². The average molecular weight is 237 g/mol. The Morgan fingerprint density at radius 2 is 2.38 bits per heavy atom. The molecule has 2 atom stereocenters. The highest BCUT2D eigenvalue weighted by Crippen LogP contribution is 2.47. The monoisotopic (exact) mass is 237 g/mol. The number of carbonyl (C=O) groups is 2. The van der Waals surface area contributed by atoms with Crippen molar-refractivity contribution in [1.29, 1.82) is 0 Å². The Kier molecular flexibility index (Phi) is 1.84. The van der Waals surface area contributed by atoms with Crippen molar-refractivity contribution in [3.05, 3.63) is 17.8 Å². The van der Waals surface area contributed by atoms with Crippen molar-refractivity contribution < 1.29 is 14.7 Å². The van der Waals surface area contributed by atoms with E-state index in [1.807, 2.05) is 0 Å². The minimum atomic E-state index is -0.943. The molecular formula is C9H7N3O3S. The second-order valence-electron chi connectivity index (χ2n) is 3.53. The molecule has 82 valence electrons. The zero-order valence-electron chi connectivity index (χ0n) is 7.93. The van der Waals surface area contributed by atoms with Gasteiger partial charge in [-0.1, -0.05) is 11.8 Å². The number of carboxylic acid groups (broad SMARTS) is 1. The molecule has 0 aromatic carbocycles. The van der Waals surface area contributed by atoms with E-state index in [4.69, 9.17) is 5.11 Å². The molecule has 0 radical (unpaired) electrons. The third-order valence-electron chi connectivity index (χ3n) is 2.58. The van der Waals surface area contributed by atoms with Gasteiger partial charge in [-0.25, -0.2) is 9.78 Å². The van der Waals surface area contributed by atoms with Gasteiger partial charge in [0.25, 0.3) is 0 Å². The first kappa shape index (κ1) is 9.46. The molecule has 0 saturated heterocycles. The number of rotatable bonds is 1. The summed E-state index contributed by atoms with van der Waals surface area (Å²) in [5.74, 6) is -0.943. The van der Waals surface area contributed by atoms with E-state index in [1.165, 1.54) is 11.8 Å². The lowest BCUT2D eigenvalue weighted by Crippen LogP contribution is -2.42. The molecule has 1 aromatic heterocycles. The van der Waals surface area contributed by atoms with E-state index < -0.39 is 17.3 Å². The summed E-state index contributed by atoms with van der Waals surface area (Å²) in [6.07, 6.45) is 1.56. The average Bonchev–Trinajstić information content (AvgIpc) is 2.59. The van der Waals surface area contributed by atoms with Crippen molar-refractivity contribution >= 4 is 29.4 Å². The van der Waals surface area contributed by atoms with Gasteiger partial charge in [0.1, 0.15) is 10.3 Å². The van der Waals surface area contributed by atoms with Crippen LogP contribution in [0.4, 0.5) is 10.5 Å². The molecule has 3 N–H and O–H groups in total. The third kappa shape index (κ3) is 1.18. The molecule has 0 saturated carbocycles. The number of thioether (sulfide) groups is 1. The van der Waals surface area contributed by atoms with Crippen LogP contribution in [0.5, 0.6) is 0 Å². The van der Waals surface area contributed by atoms with Crippen LogP contribution in [0.3, 0.4) is 0 Å². The Morgan fingerprint density at radius 3 is 3.12 bits per heavy atom. The van der Waals surface area contributed by atoms with E-state index in [9.17, 15) is 9.59 Å². The van der Waals surface area contributed by atoms with Crippen LogP contribution in [0.2, 0.25) is 0 Å². The maximum atomic E-state index is 11.3. The largest absolute Gasteiger partial charge is 0.480 e. The zero-order valence-corrected chi connectivity index (χ0v) is 8.75. The van der Waals surface area contributed by atoms with E-state index in [1.54, 1.807) is 12.3 Å². The first-order valence-corrected chi connectivity index (χ1v) is 5.50. The lowest BCUT2D eigenvalue weighted by molar-refractivity contribution is -0.136. The van der Waals surface area contributed by atoms with E-state index in [0.717, 1.165) is 5.56 Å². The van der Waals surface area contributed by atoms with Crippen LogP contribution in [-0.4, -0.2) is 27.3 Å². The molecule has 3 heterocycles. The molecule has 0 fully saturated rings. The minimum Gasteiger partial charge on any atom is -0.480 e. The van der Waals surface area contributed by atoms with Crippen molar-refractivity contribution in [2.45, 2.75) is 16.3 Å². The highest BCUT2D eigenvalue weighted by Gasteiger charge is 2.44. The fraction of sp³-hybridized carbons (Fsp3) is 0.222. The SMILES string of the molecule is O=C1Nc2ccnc3c2C(N1)C(C(=O)O)S3. The van der Waals surface area contributed by atoms with E-state index in [0.29, 0.717) is 10.7 Å². The van der Waals surface area contributed by atoms with Crippen molar-refractivity contribution in [1.82, 2.24) is 10.3 Å². The summed E-state index contributed by atoms with van der Waals surface area (Å²) in [6, 6.07) is 0.813. The number of hydrogen-bond donors (Lipinski definition) is 3. The smallest absolute Gasteiger partial charge is 0.319 e. The van der Waals surface area contributed by atoms with Gasteiger partial charge in [-0.15, -0.1) is 0 Å². The molecule has 7 heteroatoms. The highest BCUT2D eigenvalue weighted by atomic mass is 32.2. The summed E-state index contributed by atoms with van der Waals surface area (Å²) in [5, 5.41) is 14.3. The Morgan fingerprint density at radius 1 is 1.56 bits per heavy atom. The molecular weight excluding hydrogens is 230 g/mol. The molecule has 0 spiro atoms. The van der Waals surface area contributed by atoms with Crippen LogP contribution < -0.4 is 10.6 Å². The van der Waals surface area contributed by atoms with Gasteiger partial charge in [-0.05, 0) is 6.07 Å². The summed E-state index contributed by atoms with van der Waals surface area (Å²) in [5.41, 5.74) is 1.43. The van der Waals surface area contributed by atoms with Gasteiger partial charge in [0.05, 0.1) is 11.7 Å². The molecule has 2 aliphatic heterocycles. The molecule has 0 bridgehead atoms. The molecule has 2 aliphatic rings. The Labute approximate surface area is 94.4 Å². The quantitative estimate of drug-likeness (QED) is 0.672. The topological polar surface area (TPSA) is 91.3 Å². The fourth-order valence-electron chi connectivity index (χ4n) is 1.94. The van der Waals surface area contributed by atoms with Crippen molar-refractivity contribution in [2.24, 2.45) is 0 Å². The van der Waals surface area contributed by atoms with E-state index in [-0.39, 0.29) is 6.03 Å². The van der Waals surface area contributed by atoms with Crippen LogP contribution in [0.1, 0.15) is 11.6 Å². The molecule has 1 aromatic rings. The maximum absolute atomic E-state index is 11.3. The van der Waals surface area contributed by atoms with Crippen LogP contribution in [-0.2, 0) is 4.79 Å². The fourth-order valence-corrected chi connectivity index (χ4v) is 3.10. The Bertz CT molecular complexity index is 505. The van der Waals surface area contributed by atoms with Gasteiger partial charge in [-0.2, -0.15) is 0 Å². The Balaban J connectivity index is 2.14. The normalized spacial score (nSPS) is 25.6. The van der Waals surface area contributed by atoms with Gasteiger partial charge in [0, 0.05) is 11.8 Å². The van der Waals surface area contributed by atoms with Crippen LogP contribution >= 0.6 is 11.8 Å². The van der Waals surface area contributed by atoms with Crippen molar-refractivity contribution in [2.75, 3.05) is 5.32 Å². The number of amides is 2. The second-order valence-corrected chi connectivity index (χ2v) is 4.66. The summed E-state index contributed by atoms with van der Waals surface area (Å²) in [4.78, 5) is 26.5. The molecule has 6 nitrogen and oxygen atoms in total. The second kappa shape index (κ2) is 3.11. The van der Waals surface area contributed by atoms with E-state index in [2.05, 4.69) is 15.6 Å². The number of nitrogens with zero attached hydrogens (tertiary/aromatic N) is 1. The van der Waals surface area contributed by atoms with Gasteiger partial charge in [0.15, 0.2) is 0 Å². The minimum absolute atomic E-state index is 0.372. The molecule has 2 amide bonds. The first-order chi connectivity index (χ1) is 7.66. The maximum Gasteiger partial charge on any atom is 0.319 e. The number of aliphatic carboxylic acids is 1. The summed E-state index contributed by atoms with van der Waals surface area (Å²) >= 11 is 1.17. The first-order valence-electron chi connectivity index (χ1n) is 4.62. The standard InChI is InChI=1S/C9H7N3O3S/c13-8(14)6-5-4-3(11-9(15)12-5)1-2-10-7(4)16-6/h1-2,5-6H,(H,13,14)(H2,11,12,15). The van der Waals surface area contributed by atoms with E-state index >= 15 is 0 Å². The third-order valence-corrected chi connectivity index (χ3v) is 3.86. The zero-order chi connectivity index (χ0) is 11.3. The van der Waals surface area contributed by atoms with Gasteiger partial charge in [-0.3, -0.25) is 4.79 Å². The summed E-state index contributed by atoms with van der Waals surface area (Å²) in [7, 11) is 0. The van der Waals surface area contributed by atoms with Gasteiger partial charge >= 0.3 is 12.0 Å². The van der Waals surface area contributed by atoms with Crippen LogP contribution in [0, 0.1) is 0 Å². The number of pyridine rings is 1. The molecule has 3 rings (SSSR count). The van der Waals surface area contributed by atoms with Crippen molar-refractivity contribution in [3.63, 3.8) is 0 Å². The highest BCUT2D eigenvalue weighted by molar-refractivity contribution is 8.00. The number of nitrogens with one attached hydrogen (secondary N) is 2. The number of carbonyl (C=O) groups excluding carboxylic acids is 1. The summed E-state index contributed by atoms with van der Waals surface area (Å²) in [6.45, 7) is 0. The number of anilines is 1. The molecule has 16 heavy (non-hydrogen) atoms. The number of aromatic nitrogens is 1. The lowest BCUT2D eigenvalue weighted by Gasteiger charge is -2.24. The number of hydrogen-bond acceptors (Lipinski definition) is 4. The lowest BCUT2D eigenvalue weighted by atomic mass is 10.0. The molecule has 0 aliphatic carbocycles. The van der Waals surface area contributed by atoms with Crippen LogP contribution in [0.25, 0.3) is 0 Å². The number of urea groups is 1. The predicted octanol–water partition coefficient (Wildman–Crippen LogP) is 0.817. The van der Waals surface area contributed by atoms with Gasteiger partial charge < -0.3 is 15.7 Å². The van der Waals surface area contributed by atoms with Gasteiger partial charge in [0.2, 0.25) is 0 Å². The Hall–Kier alpha value is -1.76. The predicted molar refractivity (Wildman–Crippen MR) is 56.4 cm³/mol. The van der Waals surface area contributed by atoms with Crippen molar-refractivity contribution in [3.8, 4) is 0 Å². The number of carboxylic acids is 1.